The molecule has 2 aliphatic rings. The second kappa shape index (κ2) is 7.88. The van der Waals surface area contributed by atoms with E-state index in [2.05, 4.69) is 49.1 Å². The predicted molar refractivity (Wildman–Crippen MR) is 122 cm³/mol. The van der Waals surface area contributed by atoms with Crippen LogP contribution < -0.4 is 4.90 Å². The Bertz CT molecular complexity index is 1060. The summed E-state index contributed by atoms with van der Waals surface area (Å²) in [6, 6.07) is 14.5. The van der Waals surface area contributed by atoms with Gasteiger partial charge >= 0.3 is 6.09 Å². The fraction of sp³-hybridized carbons (Fsp3) is 0.385. The molecular weight excluding hydrogens is 388 g/mol. The van der Waals surface area contributed by atoms with Crippen molar-refractivity contribution in [3.8, 4) is 0 Å². The minimum absolute atomic E-state index is 0.230. The Morgan fingerprint density at radius 2 is 1.81 bits per heavy atom. The van der Waals surface area contributed by atoms with E-state index in [0.29, 0.717) is 5.57 Å². The normalized spacial score (nSPS) is 18.7. The summed E-state index contributed by atoms with van der Waals surface area (Å²) in [6.45, 7) is 10.7. The highest BCUT2D eigenvalue weighted by atomic mass is 16.6. The Labute approximate surface area is 184 Å². The lowest BCUT2D eigenvalue weighted by atomic mass is 9.87. The highest BCUT2D eigenvalue weighted by Gasteiger charge is 2.40. The number of carbonyl (C=O) groups excluding carboxylic acids is 2. The zero-order valence-corrected chi connectivity index (χ0v) is 18.9. The van der Waals surface area contributed by atoms with Gasteiger partial charge in [0.2, 0.25) is 0 Å². The number of fused-ring (bicyclic) bond motifs is 1. The van der Waals surface area contributed by atoms with Gasteiger partial charge in [-0.25, -0.2) is 9.69 Å². The summed E-state index contributed by atoms with van der Waals surface area (Å²) >= 11 is 0. The van der Waals surface area contributed by atoms with Gasteiger partial charge in [0, 0.05) is 17.8 Å². The lowest BCUT2D eigenvalue weighted by Gasteiger charge is -2.39. The average Bonchev–Trinajstić information content (AvgIpc) is 3.09. The summed E-state index contributed by atoms with van der Waals surface area (Å²) in [5.74, 6) is -0.273. The Kier molecular flexibility index (Phi) is 5.38. The van der Waals surface area contributed by atoms with Gasteiger partial charge in [0.25, 0.3) is 5.91 Å². The zero-order valence-electron chi connectivity index (χ0n) is 18.9. The molecule has 2 aromatic carbocycles. The number of ether oxygens (including phenoxy) is 1. The molecule has 0 spiro atoms. The summed E-state index contributed by atoms with van der Waals surface area (Å²) in [4.78, 5) is 29.5. The number of rotatable bonds is 2. The second-order valence-electron chi connectivity index (χ2n) is 9.37. The molecule has 0 unspecified atom stereocenters. The highest BCUT2D eigenvalue weighted by Crippen LogP contribution is 2.40. The molecular formula is C26H30N2O3. The largest absolute Gasteiger partial charge is 0.443 e. The topological polar surface area (TPSA) is 49.9 Å². The molecule has 0 radical (unpaired) electrons. The van der Waals surface area contributed by atoms with Gasteiger partial charge in [0.05, 0.1) is 12.6 Å². The molecule has 2 amide bonds. The summed E-state index contributed by atoms with van der Waals surface area (Å²) in [5.41, 5.74) is 5.91. The molecule has 0 bridgehead atoms. The molecule has 0 saturated carbocycles. The van der Waals surface area contributed by atoms with Gasteiger partial charge in [-0.15, -0.1) is 0 Å². The van der Waals surface area contributed by atoms with Crippen molar-refractivity contribution >= 4 is 17.7 Å². The van der Waals surface area contributed by atoms with E-state index >= 15 is 0 Å². The number of benzene rings is 2. The Hall–Kier alpha value is -3.08. The first-order valence-electron chi connectivity index (χ1n) is 10.8. The lowest BCUT2D eigenvalue weighted by Crippen LogP contribution is -2.42. The Morgan fingerprint density at radius 1 is 1.06 bits per heavy atom. The monoisotopic (exact) mass is 418 g/mol. The number of carbonyl (C=O) groups is 2. The molecule has 0 fully saturated rings. The first kappa shape index (κ1) is 21.2. The van der Waals surface area contributed by atoms with Crippen LogP contribution >= 0.6 is 0 Å². The van der Waals surface area contributed by atoms with Crippen molar-refractivity contribution in [2.75, 3.05) is 18.0 Å². The van der Waals surface area contributed by atoms with E-state index in [1.807, 2.05) is 18.2 Å². The molecule has 5 nitrogen and oxygen atoms in total. The van der Waals surface area contributed by atoms with E-state index in [9.17, 15) is 9.59 Å². The van der Waals surface area contributed by atoms with E-state index in [0.717, 1.165) is 24.2 Å². The van der Waals surface area contributed by atoms with Crippen LogP contribution in [0.1, 0.15) is 49.1 Å². The molecule has 4 rings (SSSR count). The predicted octanol–water partition coefficient (Wildman–Crippen LogP) is 5.11. The van der Waals surface area contributed by atoms with Crippen LogP contribution in [0.2, 0.25) is 0 Å². The van der Waals surface area contributed by atoms with E-state index < -0.39 is 11.7 Å². The van der Waals surface area contributed by atoms with Crippen LogP contribution in [0.25, 0.3) is 0 Å². The fourth-order valence-electron chi connectivity index (χ4n) is 4.30. The van der Waals surface area contributed by atoms with Crippen molar-refractivity contribution in [3.63, 3.8) is 0 Å². The van der Waals surface area contributed by atoms with Crippen molar-refractivity contribution in [1.29, 1.82) is 0 Å². The molecule has 2 heterocycles. The average molecular weight is 419 g/mol. The summed E-state index contributed by atoms with van der Waals surface area (Å²) in [6.07, 6.45) is 2.20. The highest BCUT2D eigenvalue weighted by molar-refractivity contribution is 6.06. The van der Waals surface area contributed by atoms with E-state index in [1.54, 1.807) is 20.8 Å². The molecule has 31 heavy (non-hydrogen) atoms. The number of imide groups is 1. The maximum atomic E-state index is 13.4. The molecule has 5 heteroatoms. The van der Waals surface area contributed by atoms with Gasteiger partial charge in [0.15, 0.2) is 0 Å². The molecule has 0 aromatic heterocycles. The Morgan fingerprint density at radius 3 is 2.52 bits per heavy atom. The first-order chi connectivity index (χ1) is 14.7. The second-order valence-corrected chi connectivity index (χ2v) is 9.37. The molecule has 0 saturated heterocycles. The minimum atomic E-state index is -0.650. The van der Waals surface area contributed by atoms with Crippen LogP contribution in [0.15, 0.2) is 54.1 Å². The fourth-order valence-corrected chi connectivity index (χ4v) is 4.30. The molecule has 162 valence electrons. The van der Waals surface area contributed by atoms with Crippen LogP contribution in [0.4, 0.5) is 10.5 Å². The number of amides is 2. The first-order valence-corrected chi connectivity index (χ1v) is 10.8. The number of anilines is 1. The minimum Gasteiger partial charge on any atom is -0.443 e. The van der Waals surface area contributed by atoms with E-state index in [1.165, 1.54) is 21.6 Å². The van der Waals surface area contributed by atoms with Gasteiger partial charge in [-0.3, -0.25) is 4.79 Å². The maximum absolute atomic E-state index is 13.4. The van der Waals surface area contributed by atoms with Crippen molar-refractivity contribution in [2.45, 2.75) is 52.7 Å². The van der Waals surface area contributed by atoms with Gasteiger partial charge < -0.3 is 9.64 Å². The summed E-state index contributed by atoms with van der Waals surface area (Å²) in [7, 11) is 0. The van der Waals surface area contributed by atoms with E-state index in [-0.39, 0.29) is 18.5 Å². The smallest absolute Gasteiger partial charge is 0.417 e. The van der Waals surface area contributed by atoms with Crippen LogP contribution in [0.3, 0.4) is 0 Å². The third-order valence-corrected chi connectivity index (χ3v) is 6.00. The number of aryl methyl sites for hydroxylation is 2. The van der Waals surface area contributed by atoms with Crippen molar-refractivity contribution in [3.05, 3.63) is 76.4 Å². The van der Waals surface area contributed by atoms with E-state index in [4.69, 9.17) is 4.74 Å². The van der Waals surface area contributed by atoms with Crippen LogP contribution in [0.5, 0.6) is 0 Å². The van der Waals surface area contributed by atoms with Crippen molar-refractivity contribution in [1.82, 2.24) is 4.90 Å². The molecule has 0 N–H and O–H groups in total. The Balaban J connectivity index is 1.71. The third-order valence-electron chi connectivity index (χ3n) is 6.00. The van der Waals surface area contributed by atoms with Gasteiger partial charge in [-0.05, 0) is 75.4 Å². The molecule has 1 atom stereocenters. The number of hydrogen-bond acceptors (Lipinski definition) is 4. The van der Waals surface area contributed by atoms with Gasteiger partial charge in [-0.2, -0.15) is 0 Å². The third kappa shape index (κ3) is 4.09. The van der Waals surface area contributed by atoms with Crippen LogP contribution in [0, 0.1) is 13.8 Å². The zero-order chi connectivity index (χ0) is 22.3. The molecule has 2 aliphatic heterocycles. The lowest BCUT2D eigenvalue weighted by molar-refractivity contribution is -0.125. The quantitative estimate of drug-likeness (QED) is 0.680. The number of nitrogens with zero attached hydrogens (tertiary/aromatic N) is 2. The molecule has 2 aromatic rings. The summed E-state index contributed by atoms with van der Waals surface area (Å²) < 4.78 is 5.46. The van der Waals surface area contributed by atoms with Gasteiger partial charge in [-0.1, -0.05) is 36.4 Å². The van der Waals surface area contributed by atoms with Crippen molar-refractivity contribution in [2.24, 2.45) is 0 Å². The molecule has 0 aliphatic carbocycles. The van der Waals surface area contributed by atoms with Crippen LogP contribution in [-0.4, -0.2) is 35.6 Å². The standard InChI is InChI=1S/C26H30N2O3/c1-17-10-11-20(16-18(17)2)27-14-12-19-8-6-7-9-21(19)23(27)22-13-15-28(24(22)29)25(30)31-26(3,4)5/h6-11,13,16,23H,12,14-15H2,1-5H3/t23-/m0/s1. The van der Waals surface area contributed by atoms with Gasteiger partial charge in [0.1, 0.15) is 5.60 Å². The van der Waals surface area contributed by atoms with Crippen molar-refractivity contribution < 1.29 is 14.3 Å². The number of hydrogen-bond donors (Lipinski definition) is 0. The summed E-state index contributed by atoms with van der Waals surface area (Å²) in [5, 5.41) is 0. The SMILES string of the molecule is Cc1ccc(N2CCc3ccccc3[C@H]2C2=CCN(C(=O)OC(C)(C)C)C2=O)cc1C. The maximum Gasteiger partial charge on any atom is 0.417 e. The van der Waals surface area contributed by atoms with Crippen LogP contribution in [-0.2, 0) is 16.0 Å².